The molecule has 1 amide bonds. The SMILES string of the molecule is CC(O)CCNC(=O)CCCOc1ccccc1. The Hall–Kier alpha value is -1.55. The average molecular weight is 251 g/mol. The number of aliphatic hydroxyl groups is 1. The second kappa shape index (κ2) is 8.53. The number of aliphatic hydroxyl groups excluding tert-OH is 1. The third-order valence-electron chi connectivity index (χ3n) is 2.44. The van der Waals surface area contributed by atoms with E-state index in [1.165, 1.54) is 0 Å². The van der Waals surface area contributed by atoms with E-state index in [-0.39, 0.29) is 12.0 Å². The highest BCUT2D eigenvalue weighted by Gasteiger charge is 2.02. The van der Waals surface area contributed by atoms with E-state index in [0.29, 0.717) is 32.4 Å². The summed E-state index contributed by atoms with van der Waals surface area (Å²) >= 11 is 0. The minimum absolute atomic E-state index is 0.00677. The molecule has 1 aromatic carbocycles. The molecule has 1 aromatic rings. The molecule has 1 atom stereocenters. The molecule has 0 aliphatic rings. The van der Waals surface area contributed by atoms with Gasteiger partial charge in [0.05, 0.1) is 12.7 Å². The van der Waals surface area contributed by atoms with Crippen LogP contribution in [0.5, 0.6) is 5.75 Å². The quantitative estimate of drug-likeness (QED) is 0.692. The van der Waals surface area contributed by atoms with Crippen LogP contribution < -0.4 is 10.1 Å². The van der Waals surface area contributed by atoms with Crippen molar-refractivity contribution >= 4 is 5.91 Å². The first-order valence-corrected chi connectivity index (χ1v) is 6.31. The molecule has 0 bridgehead atoms. The van der Waals surface area contributed by atoms with E-state index in [0.717, 1.165) is 5.75 Å². The van der Waals surface area contributed by atoms with Crippen molar-refractivity contribution in [3.8, 4) is 5.75 Å². The lowest BCUT2D eigenvalue weighted by molar-refractivity contribution is -0.121. The Balaban J connectivity index is 2.02. The molecule has 4 heteroatoms. The summed E-state index contributed by atoms with van der Waals surface area (Å²) in [6.45, 7) is 2.77. The Labute approximate surface area is 108 Å². The number of nitrogens with one attached hydrogen (secondary N) is 1. The lowest BCUT2D eigenvalue weighted by Gasteiger charge is -2.07. The number of benzene rings is 1. The molecule has 0 fully saturated rings. The lowest BCUT2D eigenvalue weighted by atomic mass is 10.2. The van der Waals surface area contributed by atoms with Gasteiger partial charge in [-0.3, -0.25) is 4.79 Å². The summed E-state index contributed by atoms with van der Waals surface area (Å²) in [4.78, 5) is 11.4. The van der Waals surface area contributed by atoms with E-state index in [4.69, 9.17) is 9.84 Å². The van der Waals surface area contributed by atoms with E-state index in [2.05, 4.69) is 5.32 Å². The Kier molecular flexibility index (Phi) is 6.87. The monoisotopic (exact) mass is 251 g/mol. The molecule has 100 valence electrons. The third kappa shape index (κ3) is 6.91. The van der Waals surface area contributed by atoms with Crippen molar-refractivity contribution in [2.24, 2.45) is 0 Å². The molecule has 0 heterocycles. The van der Waals surface area contributed by atoms with E-state index >= 15 is 0 Å². The van der Waals surface area contributed by atoms with Crippen LogP contribution in [0, 0.1) is 0 Å². The van der Waals surface area contributed by atoms with Gasteiger partial charge in [-0.15, -0.1) is 0 Å². The Morgan fingerprint density at radius 1 is 1.39 bits per heavy atom. The fraction of sp³-hybridized carbons (Fsp3) is 0.500. The smallest absolute Gasteiger partial charge is 0.220 e. The lowest BCUT2D eigenvalue weighted by Crippen LogP contribution is -2.26. The molecule has 0 aliphatic carbocycles. The summed E-state index contributed by atoms with van der Waals surface area (Å²) in [6.07, 6.45) is 1.36. The van der Waals surface area contributed by atoms with Crippen molar-refractivity contribution in [1.29, 1.82) is 0 Å². The summed E-state index contributed by atoms with van der Waals surface area (Å²) in [7, 11) is 0. The van der Waals surface area contributed by atoms with E-state index in [1.54, 1.807) is 6.92 Å². The van der Waals surface area contributed by atoms with Crippen LogP contribution in [0.2, 0.25) is 0 Å². The summed E-state index contributed by atoms with van der Waals surface area (Å²) in [5.74, 6) is 0.833. The molecule has 1 rings (SSSR count). The average Bonchev–Trinajstić information content (AvgIpc) is 2.35. The number of carbonyl (C=O) groups is 1. The predicted molar refractivity (Wildman–Crippen MR) is 70.5 cm³/mol. The van der Waals surface area contributed by atoms with Crippen LogP contribution in [-0.2, 0) is 4.79 Å². The summed E-state index contributed by atoms with van der Waals surface area (Å²) in [6, 6.07) is 9.55. The highest BCUT2D eigenvalue weighted by Crippen LogP contribution is 2.08. The molecule has 0 spiro atoms. The largest absolute Gasteiger partial charge is 0.494 e. The second-order valence-electron chi connectivity index (χ2n) is 4.25. The standard InChI is InChI=1S/C14H21NO3/c1-12(16)9-10-15-14(17)8-5-11-18-13-6-3-2-4-7-13/h2-4,6-7,12,16H,5,8-11H2,1H3,(H,15,17). The van der Waals surface area contributed by atoms with Crippen molar-refractivity contribution in [2.75, 3.05) is 13.2 Å². The number of hydrogen-bond acceptors (Lipinski definition) is 3. The summed E-state index contributed by atoms with van der Waals surface area (Å²) in [5, 5.41) is 11.8. The van der Waals surface area contributed by atoms with Crippen molar-refractivity contribution in [3.05, 3.63) is 30.3 Å². The fourth-order valence-corrected chi connectivity index (χ4v) is 1.45. The number of carbonyl (C=O) groups excluding carboxylic acids is 1. The highest BCUT2D eigenvalue weighted by atomic mass is 16.5. The first-order valence-electron chi connectivity index (χ1n) is 6.31. The van der Waals surface area contributed by atoms with Gasteiger partial charge in [-0.25, -0.2) is 0 Å². The van der Waals surface area contributed by atoms with Crippen LogP contribution in [0.25, 0.3) is 0 Å². The van der Waals surface area contributed by atoms with Crippen LogP contribution in [0.15, 0.2) is 30.3 Å². The zero-order valence-electron chi connectivity index (χ0n) is 10.8. The van der Waals surface area contributed by atoms with Crippen LogP contribution in [0.1, 0.15) is 26.2 Å². The zero-order valence-corrected chi connectivity index (χ0v) is 10.8. The van der Waals surface area contributed by atoms with Crippen molar-refractivity contribution < 1.29 is 14.6 Å². The topological polar surface area (TPSA) is 58.6 Å². The van der Waals surface area contributed by atoms with Gasteiger partial charge in [0.15, 0.2) is 0 Å². The number of hydrogen-bond donors (Lipinski definition) is 2. The maximum atomic E-state index is 11.4. The third-order valence-corrected chi connectivity index (χ3v) is 2.44. The van der Waals surface area contributed by atoms with E-state index < -0.39 is 0 Å². The maximum Gasteiger partial charge on any atom is 0.220 e. The molecular weight excluding hydrogens is 230 g/mol. The van der Waals surface area contributed by atoms with Crippen LogP contribution in [-0.4, -0.2) is 30.3 Å². The van der Waals surface area contributed by atoms with Gasteiger partial charge in [0, 0.05) is 13.0 Å². The first kappa shape index (κ1) is 14.5. The van der Waals surface area contributed by atoms with Gasteiger partial charge in [-0.05, 0) is 31.9 Å². The molecular formula is C14H21NO3. The molecule has 0 saturated heterocycles. The van der Waals surface area contributed by atoms with Crippen LogP contribution in [0.3, 0.4) is 0 Å². The molecule has 0 aromatic heterocycles. The number of para-hydroxylation sites is 1. The number of ether oxygens (including phenoxy) is 1. The van der Waals surface area contributed by atoms with Gasteiger partial charge in [0.1, 0.15) is 5.75 Å². The van der Waals surface area contributed by atoms with E-state index in [9.17, 15) is 4.79 Å². The Bertz CT molecular complexity index is 338. The predicted octanol–water partition coefficient (Wildman–Crippen LogP) is 1.73. The van der Waals surface area contributed by atoms with Crippen molar-refractivity contribution in [3.63, 3.8) is 0 Å². The minimum atomic E-state index is -0.369. The molecule has 18 heavy (non-hydrogen) atoms. The Morgan fingerprint density at radius 2 is 2.11 bits per heavy atom. The van der Waals surface area contributed by atoms with Gasteiger partial charge < -0.3 is 15.2 Å². The van der Waals surface area contributed by atoms with E-state index in [1.807, 2.05) is 30.3 Å². The molecule has 0 saturated carbocycles. The van der Waals surface area contributed by atoms with Gasteiger partial charge in [0.25, 0.3) is 0 Å². The number of amides is 1. The van der Waals surface area contributed by atoms with Gasteiger partial charge in [-0.1, -0.05) is 18.2 Å². The van der Waals surface area contributed by atoms with Crippen molar-refractivity contribution in [1.82, 2.24) is 5.32 Å². The zero-order chi connectivity index (χ0) is 13.2. The van der Waals surface area contributed by atoms with Gasteiger partial charge in [-0.2, -0.15) is 0 Å². The number of rotatable bonds is 8. The van der Waals surface area contributed by atoms with Gasteiger partial charge in [0.2, 0.25) is 5.91 Å². The highest BCUT2D eigenvalue weighted by molar-refractivity contribution is 5.75. The molecule has 2 N–H and O–H groups in total. The molecule has 0 aliphatic heterocycles. The fourth-order valence-electron chi connectivity index (χ4n) is 1.45. The van der Waals surface area contributed by atoms with Crippen LogP contribution in [0.4, 0.5) is 0 Å². The van der Waals surface area contributed by atoms with Crippen LogP contribution >= 0.6 is 0 Å². The molecule has 0 radical (unpaired) electrons. The second-order valence-corrected chi connectivity index (χ2v) is 4.25. The Morgan fingerprint density at radius 3 is 2.78 bits per heavy atom. The minimum Gasteiger partial charge on any atom is -0.494 e. The summed E-state index contributed by atoms with van der Waals surface area (Å²) in [5.41, 5.74) is 0. The maximum absolute atomic E-state index is 11.4. The normalized spacial score (nSPS) is 11.9. The van der Waals surface area contributed by atoms with Crippen molar-refractivity contribution in [2.45, 2.75) is 32.3 Å². The summed E-state index contributed by atoms with van der Waals surface area (Å²) < 4.78 is 5.48. The van der Waals surface area contributed by atoms with Gasteiger partial charge >= 0.3 is 0 Å². The first-order chi connectivity index (χ1) is 8.68. The molecule has 1 unspecified atom stereocenters. The molecule has 4 nitrogen and oxygen atoms in total.